The predicted octanol–water partition coefficient (Wildman–Crippen LogP) is 8.07. The quantitative estimate of drug-likeness (QED) is 0.0192. The molecule has 0 spiro atoms. The van der Waals surface area contributed by atoms with Crippen molar-refractivity contribution in [2.45, 2.75) is 115 Å². The number of rotatable bonds is 18. The van der Waals surface area contributed by atoms with Crippen LogP contribution in [-0.4, -0.2) is 53.9 Å². The van der Waals surface area contributed by atoms with Gasteiger partial charge in [0.15, 0.2) is 5.58 Å². The Balaban J connectivity index is 1.59. The van der Waals surface area contributed by atoms with E-state index in [1.807, 2.05) is 24.8 Å². The summed E-state index contributed by atoms with van der Waals surface area (Å²) in [6, 6.07) is 9.81. The van der Waals surface area contributed by atoms with Crippen LogP contribution < -0.4 is 20.5 Å². The van der Waals surface area contributed by atoms with E-state index in [-0.39, 0.29) is 33.4 Å². The summed E-state index contributed by atoms with van der Waals surface area (Å²) in [6.45, 7) is 10.2. The number of carboxylic acid groups (broad SMARTS) is 1. The second-order valence-electron chi connectivity index (χ2n) is 14.8. The summed E-state index contributed by atoms with van der Waals surface area (Å²) >= 11 is 0. The van der Waals surface area contributed by atoms with Crippen molar-refractivity contribution in [2.24, 2.45) is 0 Å². The third-order valence-corrected chi connectivity index (χ3v) is 11.3. The summed E-state index contributed by atoms with van der Waals surface area (Å²) in [5.74, 6) is -2.08. The van der Waals surface area contributed by atoms with Crippen LogP contribution in [0.5, 0.6) is 11.7 Å². The Bertz CT molecular complexity index is 2350. The summed E-state index contributed by atoms with van der Waals surface area (Å²) in [5.41, 5.74) is 3.28. The van der Waals surface area contributed by atoms with Gasteiger partial charge in [0.1, 0.15) is 35.4 Å². The van der Waals surface area contributed by atoms with Gasteiger partial charge >= 0.3 is 11.6 Å². The minimum Gasteiger partial charge on any atom is -0.506 e. The predicted molar refractivity (Wildman–Crippen MR) is 213 cm³/mol. The molecule has 0 aliphatic carbocycles. The van der Waals surface area contributed by atoms with Gasteiger partial charge in [-0.1, -0.05) is 51.7 Å². The molecule has 0 bridgehead atoms. The zero-order chi connectivity index (χ0) is 39.9. The Labute approximate surface area is 321 Å². The number of aromatic hydroxyl groups is 2. The lowest BCUT2D eigenvalue weighted by molar-refractivity contribution is -0.137. The molecule has 1 aliphatic rings. The molecule has 0 fully saturated rings. The first-order valence-corrected chi connectivity index (χ1v) is 20.7. The Kier molecular flexibility index (Phi) is 13.3. The molecule has 55 heavy (non-hydrogen) atoms. The zero-order valence-corrected chi connectivity index (χ0v) is 33.0. The Morgan fingerprint density at radius 3 is 2.22 bits per heavy atom. The van der Waals surface area contributed by atoms with Gasteiger partial charge in [-0.25, -0.2) is 9.37 Å². The molecule has 0 atom stereocenters. The number of aliphatic carboxylic acids is 1. The molecule has 1 aliphatic heterocycles. The fraction of sp³-hybridized carbons (Fsp3) is 0.476. The number of anilines is 1. The number of benzene rings is 2. The van der Waals surface area contributed by atoms with Gasteiger partial charge in [-0.2, -0.15) is 8.42 Å². The van der Waals surface area contributed by atoms with Crippen LogP contribution >= 0.6 is 0 Å². The van der Waals surface area contributed by atoms with E-state index in [9.17, 15) is 32.8 Å². The van der Waals surface area contributed by atoms with Crippen molar-refractivity contribution in [3.63, 3.8) is 0 Å². The van der Waals surface area contributed by atoms with E-state index >= 15 is 0 Å². The largest absolute Gasteiger partial charge is 0.506 e. The van der Waals surface area contributed by atoms with Gasteiger partial charge in [0.25, 0.3) is 16.1 Å². The first-order chi connectivity index (χ1) is 26.2. The Morgan fingerprint density at radius 2 is 1.58 bits per heavy atom. The van der Waals surface area contributed by atoms with Crippen LogP contribution in [0.25, 0.3) is 28.0 Å². The second kappa shape index (κ2) is 17.7. The van der Waals surface area contributed by atoms with Crippen LogP contribution in [-0.2, 0) is 20.3 Å². The summed E-state index contributed by atoms with van der Waals surface area (Å²) in [7, 11) is -4.50. The lowest BCUT2D eigenvalue weighted by atomic mass is 9.84. The lowest BCUT2D eigenvalue weighted by Gasteiger charge is -2.25. The number of carbonyl (C=O) groups is 1. The number of carboxylic acids is 1. The summed E-state index contributed by atoms with van der Waals surface area (Å²) in [4.78, 5) is 26.2. The van der Waals surface area contributed by atoms with Crippen LogP contribution in [0.1, 0.15) is 116 Å². The highest BCUT2D eigenvalue weighted by atomic mass is 32.2. The molecule has 0 radical (unpaired) electrons. The maximum atomic E-state index is 13.5. The number of hydrogen-bond donors (Lipinski definition) is 4. The molecular weight excluding hydrogens is 725 g/mol. The van der Waals surface area contributed by atoms with Crippen molar-refractivity contribution >= 4 is 49.8 Å². The zero-order valence-electron chi connectivity index (χ0n) is 32.2. The third kappa shape index (κ3) is 9.35. The lowest BCUT2D eigenvalue weighted by Crippen LogP contribution is -2.31. The Hall–Kier alpha value is -4.84. The van der Waals surface area contributed by atoms with Crippen molar-refractivity contribution in [1.82, 2.24) is 4.58 Å². The number of nitrogens with zero attached hydrogens (tertiary/aromatic N) is 2. The van der Waals surface area contributed by atoms with Crippen molar-refractivity contribution in [2.75, 3.05) is 24.5 Å². The highest BCUT2D eigenvalue weighted by Gasteiger charge is 2.41. The van der Waals surface area contributed by atoms with Crippen LogP contribution in [0.15, 0.2) is 66.4 Å². The van der Waals surface area contributed by atoms with Gasteiger partial charge < -0.3 is 29.1 Å². The van der Waals surface area contributed by atoms with Crippen LogP contribution in [0.3, 0.4) is 0 Å². The van der Waals surface area contributed by atoms with E-state index in [0.717, 1.165) is 57.0 Å². The molecule has 2 aromatic heterocycles. The summed E-state index contributed by atoms with van der Waals surface area (Å²) in [6.07, 6.45) is 12.0. The van der Waals surface area contributed by atoms with E-state index in [4.69, 9.17) is 13.9 Å². The second-order valence-corrected chi connectivity index (χ2v) is 16.2. The van der Waals surface area contributed by atoms with Gasteiger partial charge in [0, 0.05) is 49.1 Å². The topological polar surface area (TPSA) is 182 Å². The van der Waals surface area contributed by atoms with E-state index in [2.05, 4.69) is 24.2 Å². The number of unbranched alkanes of at least 4 members (excludes halogenated alkanes) is 8. The van der Waals surface area contributed by atoms with E-state index < -0.39 is 38.8 Å². The molecule has 0 saturated heterocycles. The molecule has 12 nitrogen and oxygen atoms in total. The fourth-order valence-corrected chi connectivity index (χ4v) is 7.87. The molecular formula is C42H53N2O10S+. The normalized spacial score (nSPS) is 13.7. The van der Waals surface area contributed by atoms with Crippen LogP contribution in [0.2, 0.25) is 0 Å². The smallest absolute Gasteiger partial charge is 0.351 e. The Morgan fingerprint density at radius 1 is 0.909 bits per heavy atom. The molecule has 0 unspecified atom stereocenters. The van der Waals surface area contributed by atoms with Gasteiger partial charge in [-0.05, 0) is 69.4 Å². The summed E-state index contributed by atoms with van der Waals surface area (Å²) < 4.78 is 47.8. The van der Waals surface area contributed by atoms with Gasteiger partial charge in [0.2, 0.25) is 5.36 Å². The third-order valence-electron chi connectivity index (χ3n) is 10.4. The van der Waals surface area contributed by atoms with Gasteiger partial charge in [-0.15, -0.1) is 0 Å². The van der Waals surface area contributed by atoms with E-state index in [1.165, 1.54) is 31.1 Å². The molecule has 5 rings (SSSR count). The van der Waals surface area contributed by atoms with Crippen molar-refractivity contribution < 1.29 is 41.9 Å². The van der Waals surface area contributed by atoms with E-state index in [1.54, 1.807) is 18.2 Å². The fourth-order valence-electron chi connectivity index (χ4n) is 7.37. The van der Waals surface area contributed by atoms with Crippen molar-refractivity contribution in [3.8, 4) is 11.7 Å². The molecule has 2 aromatic carbocycles. The standard InChI is InChI=1S/C42H52N2O10S/c1-5-7-9-13-23-43(24-14-10-8-6-2)28-17-19-30-34(26-28)53-41(49)37-38(47)31(40(48)54-39(30)37)20-22-35-42(3,4)32-27-29(55(50,51)52)18-21-33(32)44(35)25-15-11-12-16-36(45)46/h17-21,26-27H,5-16,23-25H2,1-4H3,(H3,45,46,47,48,50,51,52)/p+1. The van der Waals surface area contributed by atoms with E-state index in [0.29, 0.717) is 48.1 Å². The molecule has 3 heterocycles. The summed E-state index contributed by atoms with van der Waals surface area (Å²) in [5, 5.41) is 32.8. The number of fused-ring (bicyclic) bond motifs is 4. The SMILES string of the molecule is CCCCCC[N+](CCCCCC)=c1ccc2c(c1)oc(=O)c1c(O)c(C=C=C3N(CCCCCC(=O)O)c4ccc(S(=O)(=O)O)cc4C3(C)C)c(O)oc12. The number of hydrogen-bond acceptors (Lipinski definition) is 9. The molecule has 296 valence electrons. The number of allylic oxidation sites excluding steroid dienone is 1. The van der Waals surface area contributed by atoms with Crippen molar-refractivity contribution in [1.29, 1.82) is 0 Å². The molecule has 4 aromatic rings. The maximum Gasteiger partial charge on any atom is 0.351 e. The monoisotopic (exact) mass is 777 g/mol. The molecule has 4 N–H and O–H groups in total. The first-order valence-electron chi connectivity index (χ1n) is 19.3. The minimum atomic E-state index is -4.50. The van der Waals surface area contributed by atoms with Gasteiger partial charge in [-0.3, -0.25) is 9.35 Å². The highest BCUT2D eigenvalue weighted by Crippen LogP contribution is 2.48. The highest BCUT2D eigenvalue weighted by molar-refractivity contribution is 7.85. The molecule has 13 heteroatoms. The minimum absolute atomic E-state index is 0.0237. The maximum absolute atomic E-state index is 13.5. The van der Waals surface area contributed by atoms with Crippen LogP contribution in [0.4, 0.5) is 5.69 Å². The van der Waals surface area contributed by atoms with Crippen molar-refractivity contribution in [3.05, 3.63) is 74.7 Å². The molecule has 0 amide bonds. The van der Waals surface area contributed by atoms with Gasteiger partial charge in [0.05, 0.1) is 22.0 Å². The first kappa shape index (κ1) is 41.3. The average molecular weight is 778 g/mol. The van der Waals surface area contributed by atoms with Crippen LogP contribution in [0, 0.1) is 0 Å². The molecule has 0 saturated carbocycles. The average Bonchev–Trinajstić information content (AvgIpc) is 3.34.